The molecule has 182 valence electrons. The fourth-order valence-electron chi connectivity index (χ4n) is 3.65. The minimum Gasteiger partial charge on any atom is -0.287 e. The highest BCUT2D eigenvalue weighted by Gasteiger charge is 2.25. The van der Waals surface area contributed by atoms with Crippen LogP contribution in [0.4, 0.5) is 13.2 Å². The molecule has 0 saturated carbocycles. The van der Waals surface area contributed by atoms with Gasteiger partial charge in [0.2, 0.25) is 0 Å². The van der Waals surface area contributed by atoms with Gasteiger partial charge in [-0.1, -0.05) is 29.8 Å². The van der Waals surface area contributed by atoms with Crippen molar-refractivity contribution in [2.45, 2.75) is 11.8 Å². The summed E-state index contributed by atoms with van der Waals surface area (Å²) in [5, 5.41) is 0. The van der Waals surface area contributed by atoms with E-state index in [2.05, 4.69) is 15.0 Å². The van der Waals surface area contributed by atoms with Crippen LogP contribution in [-0.4, -0.2) is 28.1 Å². The molecule has 1 N–H and O–H groups in total. The molecule has 5 rings (SSSR count). The molecule has 3 aromatic heterocycles. The number of aromatic nitrogens is 4. The number of imidazole rings is 1. The van der Waals surface area contributed by atoms with Crippen LogP contribution in [0.1, 0.15) is 5.56 Å². The Balaban J connectivity index is 1.77. The van der Waals surface area contributed by atoms with E-state index in [4.69, 9.17) is 4.28 Å². The van der Waals surface area contributed by atoms with Crippen LogP contribution in [0.3, 0.4) is 0 Å². The maximum absolute atomic E-state index is 14.7. The summed E-state index contributed by atoms with van der Waals surface area (Å²) in [5.41, 5.74) is -1.83. The van der Waals surface area contributed by atoms with Gasteiger partial charge in [0.15, 0.2) is 17.3 Å². The van der Waals surface area contributed by atoms with Crippen molar-refractivity contribution in [3.8, 4) is 22.4 Å². The Morgan fingerprint density at radius 3 is 2.25 bits per heavy atom. The summed E-state index contributed by atoms with van der Waals surface area (Å²) in [5.74, 6) is -2.89. The lowest BCUT2D eigenvalue weighted by Crippen LogP contribution is -2.29. The number of rotatable bonds is 5. The van der Waals surface area contributed by atoms with Crippen molar-refractivity contribution in [2.75, 3.05) is 0 Å². The molecule has 36 heavy (non-hydrogen) atoms. The van der Waals surface area contributed by atoms with E-state index in [1.165, 1.54) is 30.3 Å². The number of nitrogens with zero attached hydrogens (tertiary/aromatic N) is 3. The summed E-state index contributed by atoms with van der Waals surface area (Å²) < 4.78 is 75.2. The minimum atomic E-state index is -4.48. The third kappa shape index (κ3) is 4.01. The Bertz CT molecular complexity index is 1780. The minimum absolute atomic E-state index is 0.105. The highest BCUT2D eigenvalue weighted by molar-refractivity contribution is 7.87. The summed E-state index contributed by atoms with van der Waals surface area (Å²) >= 11 is 0. The van der Waals surface area contributed by atoms with Gasteiger partial charge in [0, 0.05) is 11.1 Å². The van der Waals surface area contributed by atoms with Gasteiger partial charge in [0.25, 0.3) is 0 Å². The van der Waals surface area contributed by atoms with Gasteiger partial charge in [-0.25, -0.2) is 22.9 Å². The number of fused-ring (bicyclic) bond motifs is 1. The molecule has 0 atom stereocenters. The number of aryl methyl sites for hydroxylation is 1. The van der Waals surface area contributed by atoms with E-state index in [-0.39, 0.29) is 32.9 Å². The largest absolute Gasteiger partial charge is 0.362 e. The molecule has 0 saturated heterocycles. The number of aromatic amines is 1. The van der Waals surface area contributed by atoms with Crippen molar-refractivity contribution in [3.63, 3.8) is 0 Å². The second kappa shape index (κ2) is 8.64. The highest BCUT2D eigenvalue weighted by Crippen LogP contribution is 2.36. The van der Waals surface area contributed by atoms with Gasteiger partial charge in [0.1, 0.15) is 16.2 Å². The van der Waals surface area contributed by atoms with Crippen LogP contribution in [-0.2, 0) is 10.1 Å². The average Bonchev–Trinajstić information content (AvgIpc) is 3.12. The van der Waals surface area contributed by atoms with Crippen LogP contribution in [0.5, 0.6) is 0 Å². The van der Waals surface area contributed by atoms with Crippen LogP contribution in [0.25, 0.3) is 33.5 Å². The number of H-pyrrole nitrogens is 1. The number of nitrogens with one attached hydrogen (secondary N) is 1. The zero-order valence-electron chi connectivity index (χ0n) is 18.4. The van der Waals surface area contributed by atoms with Crippen molar-refractivity contribution >= 4 is 21.3 Å². The van der Waals surface area contributed by atoms with E-state index >= 15 is 0 Å². The van der Waals surface area contributed by atoms with Crippen LogP contribution in [0.2, 0.25) is 0 Å². The lowest BCUT2D eigenvalue weighted by molar-refractivity contribution is 0.280. The van der Waals surface area contributed by atoms with E-state index in [1.807, 2.05) is 0 Å². The number of pyridine rings is 2. The van der Waals surface area contributed by atoms with E-state index in [9.17, 15) is 26.4 Å². The Kier molecular flexibility index (Phi) is 5.59. The molecule has 0 amide bonds. The van der Waals surface area contributed by atoms with Crippen molar-refractivity contribution < 1.29 is 25.9 Å². The molecule has 8 nitrogen and oxygen atoms in total. The quantitative estimate of drug-likeness (QED) is 0.382. The van der Waals surface area contributed by atoms with Gasteiger partial charge in [-0.05, 0) is 37.3 Å². The Morgan fingerprint density at radius 1 is 0.917 bits per heavy atom. The summed E-state index contributed by atoms with van der Waals surface area (Å²) in [7, 11) is -4.48. The number of hydrogen-bond acceptors (Lipinski definition) is 6. The molecule has 0 spiro atoms. The third-order valence-electron chi connectivity index (χ3n) is 5.37. The van der Waals surface area contributed by atoms with Gasteiger partial charge < -0.3 is 0 Å². The molecule has 0 aliphatic rings. The molecule has 0 aliphatic heterocycles. The van der Waals surface area contributed by atoms with Gasteiger partial charge in [-0.3, -0.25) is 14.3 Å². The Labute approximate surface area is 201 Å². The predicted molar refractivity (Wildman–Crippen MR) is 124 cm³/mol. The van der Waals surface area contributed by atoms with Crippen LogP contribution in [0, 0.1) is 24.4 Å². The monoisotopic (exact) mass is 512 g/mol. The highest BCUT2D eigenvalue weighted by atomic mass is 32.2. The molecule has 0 unspecified atom stereocenters. The first-order valence-corrected chi connectivity index (χ1v) is 11.8. The summed E-state index contributed by atoms with van der Waals surface area (Å²) in [6, 6.07) is 12.2. The van der Waals surface area contributed by atoms with Crippen molar-refractivity contribution in [1.82, 2.24) is 19.7 Å². The SMILES string of the molecule is Cc1ccc(S(=O)(=O)On2c(=O)[nH]c3nc(-c4ccccc4F)c(-c4c(F)cncc4F)cc32)cc1. The summed E-state index contributed by atoms with van der Waals surface area (Å²) in [6.07, 6.45) is 1.52. The first-order valence-electron chi connectivity index (χ1n) is 10.4. The van der Waals surface area contributed by atoms with Crippen LogP contribution >= 0.6 is 0 Å². The van der Waals surface area contributed by atoms with E-state index in [0.717, 1.165) is 30.1 Å². The molecule has 12 heteroatoms. The number of hydrogen-bond donors (Lipinski definition) is 1. The zero-order valence-corrected chi connectivity index (χ0v) is 19.2. The maximum Gasteiger partial charge on any atom is 0.362 e. The smallest absolute Gasteiger partial charge is 0.287 e. The first kappa shape index (κ1) is 23.3. The number of benzene rings is 2. The molecular weight excluding hydrogens is 497 g/mol. The molecule has 0 bridgehead atoms. The van der Waals surface area contributed by atoms with Crippen molar-refractivity contribution in [2.24, 2.45) is 0 Å². The standard InChI is InChI=1S/C24H15F3N4O4S/c1-13-6-8-14(9-7-13)36(33,34)35-31-20-10-16(21-18(26)11-28-12-19(21)27)22(29-23(20)30-24(31)32)15-4-2-3-5-17(15)25/h2-12H,1H3,(H,29,30,32). The molecular formula is C24H15F3N4O4S. The second-order valence-corrected chi connectivity index (χ2v) is 9.31. The van der Waals surface area contributed by atoms with E-state index in [0.29, 0.717) is 4.73 Å². The maximum atomic E-state index is 14.7. The van der Waals surface area contributed by atoms with Crippen molar-refractivity contribution in [3.05, 3.63) is 100 Å². The molecule has 0 radical (unpaired) electrons. The van der Waals surface area contributed by atoms with E-state index < -0.39 is 38.8 Å². The Hall–Kier alpha value is -4.45. The van der Waals surface area contributed by atoms with Gasteiger partial charge in [-0.2, -0.15) is 8.42 Å². The molecule has 2 aromatic carbocycles. The lowest BCUT2D eigenvalue weighted by atomic mass is 9.98. The average molecular weight is 512 g/mol. The summed E-state index contributed by atoms with van der Waals surface area (Å²) in [6.45, 7) is 1.76. The lowest BCUT2D eigenvalue weighted by Gasteiger charge is -2.13. The number of halogens is 3. The van der Waals surface area contributed by atoms with Gasteiger partial charge in [-0.15, -0.1) is 4.73 Å². The topological polar surface area (TPSA) is 107 Å². The fraction of sp³-hybridized carbons (Fsp3) is 0.0417. The van der Waals surface area contributed by atoms with E-state index in [1.54, 1.807) is 19.1 Å². The molecule has 5 aromatic rings. The normalized spacial score (nSPS) is 11.7. The summed E-state index contributed by atoms with van der Waals surface area (Å²) in [4.78, 5) is 22.4. The van der Waals surface area contributed by atoms with Crippen LogP contribution in [0.15, 0.2) is 76.7 Å². The second-order valence-electron chi connectivity index (χ2n) is 7.78. The van der Waals surface area contributed by atoms with Crippen LogP contribution < -0.4 is 9.97 Å². The molecule has 0 fully saturated rings. The fourth-order valence-corrected chi connectivity index (χ4v) is 4.55. The Morgan fingerprint density at radius 2 is 1.58 bits per heavy atom. The van der Waals surface area contributed by atoms with Gasteiger partial charge >= 0.3 is 15.8 Å². The molecule has 0 aliphatic carbocycles. The first-order chi connectivity index (χ1) is 17.2. The predicted octanol–water partition coefficient (Wildman–Crippen LogP) is 4.00. The third-order valence-corrected chi connectivity index (χ3v) is 6.56. The van der Waals surface area contributed by atoms with Gasteiger partial charge in [0.05, 0.1) is 23.7 Å². The molecule has 3 heterocycles. The zero-order chi connectivity index (χ0) is 25.6. The van der Waals surface area contributed by atoms with Crippen molar-refractivity contribution in [1.29, 1.82) is 0 Å².